The minimum Gasteiger partial charge on any atom is -0.378 e. The van der Waals surface area contributed by atoms with Crippen molar-refractivity contribution in [2.45, 2.75) is 31.8 Å². The fourth-order valence-electron chi connectivity index (χ4n) is 2.53. The largest absolute Gasteiger partial charge is 0.378 e. The molecule has 2 rings (SSSR count). The highest BCUT2D eigenvalue weighted by molar-refractivity contribution is 6.00. The van der Waals surface area contributed by atoms with E-state index < -0.39 is 0 Å². The molecule has 1 aromatic rings. The number of hydrogen-bond donors (Lipinski definition) is 1. The van der Waals surface area contributed by atoms with Crippen LogP contribution in [0.4, 0.5) is 5.69 Å². The van der Waals surface area contributed by atoms with Gasteiger partial charge in [0.2, 0.25) is 11.8 Å². The molecule has 0 aromatic heterocycles. The second-order valence-electron chi connectivity index (χ2n) is 5.76. The van der Waals surface area contributed by atoms with Crippen LogP contribution < -0.4 is 10.2 Å². The quantitative estimate of drug-likeness (QED) is 0.855. The van der Waals surface area contributed by atoms with Gasteiger partial charge in [-0.05, 0) is 31.0 Å². The Bertz CT molecular complexity index is 525. The van der Waals surface area contributed by atoms with E-state index in [-0.39, 0.29) is 23.9 Å². The van der Waals surface area contributed by atoms with Crippen molar-refractivity contribution in [2.75, 3.05) is 26.0 Å². The van der Waals surface area contributed by atoms with Crippen LogP contribution in [0, 0.1) is 0 Å². The summed E-state index contributed by atoms with van der Waals surface area (Å²) in [6.45, 7) is 2.04. The fourth-order valence-corrected chi connectivity index (χ4v) is 2.53. The van der Waals surface area contributed by atoms with Gasteiger partial charge in [0.05, 0.1) is 6.04 Å². The number of likely N-dealkylation sites (N-methyl/N-ethyl adjacent to an activating group) is 1. The number of piperidine rings is 1. The van der Waals surface area contributed by atoms with Crippen LogP contribution in [-0.4, -0.2) is 43.9 Å². The first kappa shape index (κ1) is 15.5. The molecule has 21 heavy (non-hydrogen) atoms. The molecule has 0 saturated carbocycles. The number of benzene rings is 1. The van der Waals surface area contributed by atoms with Crippen LogP contribution in [0.2, 0.25) is 0 Å². The van der Waals surface area contributed by atoms with Crippen LogP contribution in [0.15, 0.2) is 24.3 Å². The van der Waals surface area contributed by atoms with Crippen molar-refractivity contribution >= 4 is 17.5 Å². The second kappa shape index (κ2) is 6.26. The molecule has 0 aliphatic carbocycles. The molecule has 0 radical (unpaired) electrons. The third-order valence-electron chi connectivity index (χ3n) is 4.01. The van der Waals surface area contributed by atoms with E-state index in [1.54, 1.807) is 7.05 Å². The molecule has 2 unspecified atom stereocenters. The van der Waals surface area contributed by atoms with Gasteiger partial charge in [-0.15, -0.1) is 0 Å². The Labute approximate surface area is 125 Å². The standard InChI is InChI=1S/C16H23N3O2/c1-11(12-5-7-13(8-6-12)18(2)3)17-14-9-10-15(20)19(4)16(14)21/h5-8,11,14,17H,9-10H2,1-4H3. The first-order valence-corrected chi connectivity index (χ1v) is 7.24. The van der Waals surface area contributed by atoms with Gasteiger partial charge in [0, 0.05) is 39.3 Å². The maximum Gasteiger partial charge on any atom is 0.246 e. The van der Waals surface area contributed by atoms with Crippen molar-refractivity contribution in [3.8, 4) is 0 Å². The number of rotatable bonds is 4. The minimum atomic E-state index is -0.281. The smallest absolute Gasteiger partial charge is 0.246 e. The molecule has 2 amide bonds. The molecule has 1 N–H and O–H groups in total. The molecular weight excluding hydrogens is 266 g/mol. The molecule has 0 spiro atoms. The molecular formula is C16H23N3O2. The number of nitrogens with one attached hydrogen (secondary N) is 1. The van der Waals surface area contributed by atoms with E-state index in [1.165, 1.54) is 4.90 Å². The Kier molecular flexibility index (Phi) is 4.63. The summed E-state index contributed by atoms with van der Waals surface area (Å²) in [6, 6.07) is 8.04. The van der Waals surface area contributed by atoms with E-state index in [1.807, 2.05) is 25.9 Å². The molecule has 0 bridgehead atoms. The fraction of sp³-hybridized carbons (Fsp3) is 0.500. The highest BCUT2D eigenvalue weighted by Crippen LogP contribution is 2.20. The van der Waals surface area contributed by atoms with Crippen LogP contribution in [0.25, 0.3) is 0 Å². The maximum absolute atomic E-state index is 12.1. The number of amides is 2. The molecule has 5 heteroatoms. The lowest BCUT2D eigenvalue weighted by Crippen LogP contribution is -2.51. The van der Waals surface area contributed by atoms with Crippen molar-refractivity contribution in [1.82, 2.24) is 10.2 Å². The van der Waals surface area contributed by atoms with E-state index in [9.17, 15) is 9.59 Å². The maximum atomic E-state index is 12.1. The first-order chi connectivity index (χ1) is 9.90. The summed E-state index contributed by atoms with van der Waals surface area (Å²) < 4.78 is 0. The highest BCUT2D eigenvalue weighted by Gasteiger charge is 2.32. The Morgan fingerprint density at radius 3 is 2.43 bits per heavy atom. The summed E-state index contributed by atoms with van der Waals surface area (Å²) in [5, 5.41) is 3.33. The zero-order chi connectivity index (χ0) is 15.6. The lowest BCUT2D eigenvalue weighted by molar-refractivity contribution is -0.148. The summed E-state index contributed by atoms with van der Waals surface area (Å²) in [7, 11) is 5.56. The molecule has 5 nitrogen and oxygen atoms in total. The first-order valence-electron chi connectivity index (χ1n) is 7.24. The van der Waals surface area contributed by atoms with Crippen LogP contribution in [0.1, 0.15) is 31.4 Å². The molecule has 2 atom stereocenters. The molecule has 1 aromatic carbocycles. The number of anilines is 1. The lowest BCUT2D eigenvalue weighted by atomic mass is 10.0. The van der Waals surface area contributed by atoms with Gasteiger partial charge in [0.15, 0.2) is 0 Å². The van der Waals surface area contributed by atoms with E-state index in [0.29, 0.717) is 12.8 Å². The van der Waals surface area contributed by atoms with Gasteiger partial charge >= 0.3 is 0 Å². The van der Waals surface area contributed by atoms with Crippen LogP contribution in [0.3, 0.4) is 0 Å². The molecule has 1 saturated heterocycles. The van der Waals surface area contributed by atoms with Crippen molar-refractivity contribution < 1.29 is 9.59 Å². The topological polar surface area (TPSA) is 52.7 Å². The Morgan fingerprint density at radius 2 is 1.86 bits per heavy atom. The predicted octanol–water partition coefficient (Wildman–Crippen LogP) is 1.55. The van der Waals surface area contributed by atoms with Crippen LogP contribution in [0.5, 0.6) is 0 Å². The third-order valence-corrected chi connectivity index (χ3v) is 4.01. The van der Waals surface area contributed by atoms with E-state index in [0.717, 1.165) is 11.3 Å². The zero-order valence-electron chi connectivity index (χ0n) is 13.1. The molecule has 1 aliphatic heterocycles. The van der Waals surface area contributed by atoms with Gasteiger partial charge in [0.1, 0.15) is 0 Å². The van der Waals surface area contributed by atoms with Crippen LogP contribution in [-0.2, 0) is 9.59 Å². The number of hydrogen-bond acceptors (Lipinski definition) is 4. The molecule has 1 aliphatic rings. The Morgan fingerprint density at radius 1 is 1.24 bits per heavy atom. The lowest BCUT2D eigenvalue weighted by Gasteiger charge is -2.30. The molecule has 1 heterocycles. The van der Waals surface area contributed by atoms with Gasteiger partial charge in [-0.1, -0.05) is 12.1 Å². The summed E-state index contributed by atoms with van der Waals surface area (Å²) in [5.41, 5.74) is 2.28. The van der Waals surface area contributed by atoms with Crippen molar-refractivity contribution in [3.05, 3.63) is 29.8 Å². The van der Waals surface area contributed by atoms with Gasteiger partial charge < -0.3 is 4.90 Å². The van der Waals surface area contributed by atoms with Crippen molar-refractivity contribution in [2.24, 2.45) is 0 Å². The highest BCUT2D eigenvalue weighted by atomic mass is 16.2. The van der Waals surface area contributed by atoms with Gasteiger partial charge in [-0.25, -0.2) is 0 Å². The number of carbonyl (C=O) groups excluding carboxylic acids is 2. The number of nitrogens with zero attached hydrogens (tertiary/aromatic N) is 2. The normalized spacial score (nSPS) is 20.6. The summed E-state index contributed by atoms with van der Waals surface area (Å²) in [6.07, 6.45) is 0.994. The third kappa shape index (κ3) is 3.42. The summed E-state index contributed by atoms with van der Waals surface area (Å²) in [5.74, 6) is -0.232. The van der Waals surface area contributed by atoms with Crippen LogP contribution >= 0.6 is 0 Å². The van der Waals surface area contributed by atoms with E-state index >= 15 is 0 Å². The number of likely N-dealkylation sites (tertiary alicyclic amines) is 1. The van der Waals surface area contributed by atoms with Gasteiger partial charge in [0.25, 0.3) is 0 Å². The average Bonchev–Trinajstić information content (AvgIpc) is 2.48. The Balaban J connectivity index is 2.02. The van der Waals surface area contributed by atoms with E-state index in [4.69, 9.17) is 0 Å². The van der Waals surface area contributed by atoms with E-state index in [2.05, 4.69) is 29.6 Å². The Hall–Kier alpha value is -1.88. The average molecular weight is 289 g/mol. The molecule has 114 valence electrons. The molecule has 1 fully saturated rings. The predicted molar refractivity (Wildman–Crippen MR) is 83.1 cm³/mol. The zero-order valence-corrected chi connectivity index (χ0v) is 13.1. The summed E-state index contributed by atoms with van der Waals surface area (Å²) >= 11 is 0. The van der Waals surface area contributed by atoms with Crippen molar-refractivity contribution in [3.63, 3.8) is 0 Å². The summed E-state index contributed by atoms with van der Waals surface area (Å²) in [4.78, 5) is 26.8. The number of carbonyl (C=O) groups is 2. The monoisotopic (exact) mass is 289 g/mol. The number of imide groups is 1. The van der Waals surface area contributed by atoms with Gasteiger partial charge in [-0.3, -0.25) is 19.8 Å². The second-order valence-corrected chi connectivity index (χ2v) is 5.76. The SMILES string of the molecule is CC(NC1CCC(=O)N(C)C1=O)c1ccc(N(C)C)cc1. The minimum absolute atomic E-state index is 0.0664. The van der Waals surface area contributed by atoms with Crippen molar-refractivity contribution in [1.29, 1.82) is 0 Å². The van der Waals surface area contributed by atoms with Gasteiger partial charge in [-0.2, -0.15) is 0 Å².